The van der Waals surface area contributed by atoms with Crippen LogP contribution in [0.15, 0.2) is 0 Å². The molecule has 2 aliphatic heterocycles. The van der Waals surface area contributed by atoms with Gasteiger partial charge in [-0.2, -0.15) is 0 Å². The highest BCUT2D eigenvalue weighted by molar-refractivity contribution is 7.47. The Balaban J connectivity index is 2.07. The minimum atomic E-state index is -4.91. The number of unbranched alkanes of at least 4 members (excludes halogenated alkanes) is 20. The van der Waals surface area contributed by atoms with Gasteiger partial charge in [-0.15, -0.1) is 0 Å². The van der Waals surface area contributed by atoms with Gasteiger partial charge in [0.05, 0.1) is 33.0 Å². The van der Waals surface area contributed by atoms with Gasteiger partial charge in [0.15, 0.2) is 18.7 Å². The van der Waals surface area contributed by atoms with Gasteiger partial charge in [-0.25, -0.2) is 4.57 Å². The van der Waals surface area contributed by atoms with E-state index in [9.17, 15) is 54.8 Å². The first-order valence-corrected chi connectivity index (χ1v) is 26.5. The third-order valence-electron chi connectivity index (χ3n) is 12.0. The van der Waals surface area contributed by atoms with Crippen LogP contribution in [-0.2, 0) is 51.6 Å². The number of aliphatic hydroxyl groups is 8. The third kappa shape index (κ3) is 26.0. The van der Waals surface area contributed by atoms with Crippen molar-refractivity contribution >= 4 is 19.8 Å². The number of carbonyl (C=O) groups excluding carboxylic acids is 2. The Morgan fingerprint density at radius 1 is 0.567 bits per heavy atom. The Bertz CT molecular complexity index is 1320. The quantitative estimate of drug-likeness (QED) is 0.0238. The predicted octanol–water partition coefficient (Wildman–Crippen LogP) is 3.98. The summed E-state index contributed by atoms with van der Waals surface area (Å²) in [5.41, 5.74) is 0. The normalized spacial score (nSPS) is 27.3. The van der Waals surface area contributed by atoms with Crippen molar-refractivity contribution in [1.82, 2.24) is 0 Å². The van der Waals surface area contributed by atoms with Crippen molar-refractivity contribution in [3.8, 4) is 0 Å². The van der Waals surface area contributed by atoms with E-state index in [0.29, 0.717) is 12.8 Å². The molecule has 0 spiro atoms. The molecule has 0 radical (unpaired) electrons. The van der Waals surface area contributed by atoms with Crippen LogP contribution in [-0.4, -0.2) is 171 Å². The minimum Gasteiger partial charge on any atom is -0.462 e. The Morgan fingerprint density at radius 2 is 1.04 bits per heavy atom. The topological polar surface area (TPSA) is 307 Å². The van der Waals surface area contributed by atoms with Gasteiger partial charge in [-0.05, 0) is 12.8 Å². The highest BCUT2D eigenvalue weighted by Gasteiger charge is 2.51. The molecule has 2 rings (SSSR count). The molecule has 67 heavy (non-hydrogen) atoms. The molecule has 0 aliphatic carbocycles. The smallest absolute Gasteiger partial charge is 0.462 e. The lowest BCUT2D eigenvalue weighted by molar-refractivity contribution is -0.368. The Hall–Kier alpha value is -1.43. The Morgan fingerprint density at radius 3 is 1.55 bits per heavy atom. The molecule has 0 aromatic rings. The number of hydrogen-bond donors (Lipinski definition) is 9. The van der Waals surface area contributed by atoms with Crippen LogP contribution >= 0.6 is 7.82 Å². The average molecular weight is 991 g/mol. The fourth-order valence-corrected chi connectivity index (χ4v) is 8.55. The van der Waals surface area contributed by atoms with Crippen LogP contribution in [0.3, 0.4) is 0 Å². The molecule has 2 heterocycles. The number of hydrogen-bond acceptors (Lipinski definition) is 19. The molecule has 13 atom stereocenters. The molecule has 0 aromatic heterocycles. The minimum absolute atomic E-state index is 0.0990. The van der Waals surface area contributed by atoms with Gasteiger partial charge in [0.1, 0.15) is 61.5 Å². The van der Waals surface area contributed by atoms with Crippen LogP contribution in [0.25, 0.3) is 0 Å². The number of esters is 2. The van der Waals surface area contributed by atoms with E-state index < -0.39 is 126 Å². The van der Waals surface area contributed by atoms with Crippen LogP contribution in [0, 0.1) is 0 Å². The number of rotatable bonds is 40. The molecule has 396 valence electrons. The molecule has 0 bridgehead atoms. The fraction of sp³-hybridized carbons (Fsp3) is 0.957. The maximum Gasteiger partial charge on any atom is 0.472 e. The summed E-state index contributed by atoms with van der Waals surface area (Å²) in [5, 5.41) is 82.3. The average Bonchev–Trinajstić information content (AvgIpc) is 3.31. The summed E-state index contributed by atoms with van der Waals surface area (Å²) in [4.78, 5) is 35.9. The Kier molecular flexibility index (Phi) is 33.6. The van der Waals surface area contributed by atoms with Crippen molar-refractivity contribution in [2.45, 2.75) is 242 Å². The maximum atomic E-state index is 13.1. The van der Waals surface area contributed by atoms with Crippen LogP contribution in [0.2, 0.25) is 0 Å². The van der Waals surface area contributed by atoms with Crippen molar-refractivity contribution in [3.63, 3.8) is 0 Å². The summed E-state index contributed by atoms with van der Waals surface area (Å²) < 4.78 is 56.0. The highest BCUT2D eigenvalue weighted by Crippen LogP contribution is 2.44. The van der Waals surface area contributed by atoms with E-state index in [-0.39, 0.29) is 19.4 Å². The van der Waals surface area contributed by atoms with Gasteiger partial charge in [0.2, 0.25) is 0 Å². The second-order valence-corrected chi connectivity index (χ2v) is 19.4. The SMILES string of the molecule is CCCCCCCCCCCCCC(=O)OCC(CO[C@@H]1O[C@H](CO)[C@@H](O)[C@H](O)[C@H]1O[C@@H]1O[C@H](COP(=O)(O)OCC(O)CO)[C@@H](O)[C@H](O)[C@H]1O)OC(=O)CCCCCCCCCCCCC. The van der Waals surface area contributed by atoms with Crippen LogP contribution in [0.1, 0.15) is 168 Å². The predicted molar refractivity (Wildman–Crippen MR) is 243 cm³/mol. The molecule has 9 N–H and O–H groups in total. The number of aliphatic hydroxyl groups excluding tert-OH is 8. The van der Waals surface area contributed by atoms with Gasteiger partial charge in [-0.3, -0.25) is 18.6 Å². The summed E-state index contributed by atoms with van der Waals surface area (Å²) in [7, 11) is -4.91. The van der Waals surface area contributed by atoms with Crippen molar-refractivity contribution in [2.24, 2.45) is 0 Å². The number of phosphoric ester groups is 1. The van der Waals surface area contributed by atoms with E-state index in [1.54, 1.807) is 0 Å². The van der Waals surface area contributed by atoms with Crippen molar-refractivity contribution in [3.05, 3.63) is 0 Å². The monoisotopic (exact) mass is 991 g/mol. The molecule has 2 saturated heterocycles. The molecule has 3 unspecified atom stereocenters. The fourth-order valence-electron chi connectivity index (χ4n) is 7.78. The zero-order valence-corrected chi connectivity index (χ0v) is 41.0. The van der Waals surface area contributed by atoms with Crippen LogP contribution < -0.4 is 0 Å². The summed E-state index contributed by atoms with van der Waals surface area (Å²) in [6, 6.07) is 0. The van der Waals surface area contributed by atoms with Crippen LogP contribution in [0.4, 0.5) is 0 Å². The molecule has 21 heteroatoms. The van der Waals surface area contributed by atoms with Crippen LogP contribution in [0.5, 0.6) is 0 Å². The zero-order chi connectivity index (χ0) is 49.5. The van der Waals surface area contributed by atoms with Gasteiger partial charge in [-0.1, -0.05) is 142 Å². The lowest BCUT2D eigenvalue weighted by Gasteiger charge is -2.46. The van der Waals surface area contributed by atoms with Crippen molar-refractivity contribution in [2.75, 3.05) is 39.6 Å². The molecular weight excluding hydrogens is 903 g/mol. The number of ether oxygens (including phenoxy) is 6. The molecule has 0 amide bonds. The lowest BCUT2D eigenvalue weighted by atomic mass is 9.97. The summed E-state index contributed by atoms with van der Waals surface area (Å²) in [5.74, 6) is -1.06. The molecule has 2 fully saturated rings. The van der Waals surface area contributed by atoms with E-state index >= 15 is 0 Å². The van der Waals surface area contributed by atoms with Gasteiger partial charge in [0, 0.05) is 12.8 Å². The van der Waals surface area contributed by atoms with Crippen molar-refractivity contribution in [1.29, 1.82) is 0 Å². The van der Waals surface area contributed by atoms with Crippen molar-refractivity contribution < 1.29 is 97.4 Å². The zero-order valence-electron chi connectivity index (χ0n) is 40.1. The first kappa shape index (κ1) is 61.7. The second-order valence-electron chi connectivity index (χ2n) is 17.9. The van der Waals surface area contributed by atoms with Gasteiger partial charge < -0.3 is 74.2 Å². The maximum absolute atomic E-state index is 13.1. The summed E-state index contributed by atoms with van der Waals surface area (Å²) in [6.45, 7) is 0.228. The first-order valence-electron chi connectivity index (χ1n) is 25.0. The summed E-state index contributed by atoms with van der Waals surface area (Å²) >= 11 is 0. The van der Waals surface area contributed by atoms with E-state index in [1.807, 2.05) is 0 Å². The molecule has 0 aromatic carbocycles. The van der Waals surface area contributed by atoms with Gasteiger partial charge >= 0.3 is 19.8 Å². The molecule has 2 aliphatic rings. The van der Waals surface area contributed by atoms with E-state index in [0.717, 1.165) is 51.4 Å². The van der Waals surface area contributed by atoms with E-state index in [4.69, 9.17) is 38.1 Å². The number of carbonyl (C=O) groups is 2. The Labute approximate surface area is 397 Å². The molecule has 0 saturated carbocycles. The summed E-state index contributed by atoms with van der Waals surface area (Å²) in [6.07, 6.45) is 3.74. The number of phosphoric acid groups is 1. The third-order valence-corrected chi connectivity index (χ3v) is 12.9. The standard InChI is InChI=1S/C46H87O20P/c1-3-5-7-9-11-13-15-17-19-21-23-25-37(50)59-30-34(63-38(51)26-24-22-20-18-16-14-12-10-8-6-4-2)31-60-46-44(42(55)39(52)35(28-48)64-46)66-45-43(56)41(54)40(53)36(65-45)32-62-67(57,58)61-29-33(49)27-47/h33-36,39-49,52-56H,3-32H2,1-2H3,(H,57,58)/t33?,34?,35-,36-,39-,40-,41+,42+,43-,44-,45+,46-/m1/s1. The first-order chi connectivity index (χ1) is 32.2. The molecule has 20 nitrogen and oxygen atoms in total. The highest BCUT2D eigenvalue weighted by atomic mass is 31.2. The second kappa shape index (κ2) is 36.5. The van der Waals surface area contributed by atoms with E-state index in [1.165, 1.54) is 77.0 Å². The molecular formula is C46H87O20P. The van der Waals surface area contributed by atoms with Gasteiger partial charge in [0.25, 0.3) is 0 Å². The largest absolute Gasteiger partial charge is 0.472 e. The lowest BCUT2D eigenvalue weighted by Crippen LogP contribution is -2.64. The van der Waals surface area contributed by atoms with E-state index in [2.05, 4.69) is 18.4 Å².